The van der Waals surface area contributed by atoms with E-state index in [9.17, 15) is 0 Å². The molecule has 4 heterocycles. The second-order valence-corrected chi connectivity index (χ2v) is 9.25. The molecule has 0 N–H and O–H groups in total. The van der Waals surface area contributed by atoms with Crippen LogP contribution in [-0.2, 0) is 35.2 Å². The zero-order valence-corrected chi connectivity index (χ0v) is 19.6. The Bertz CT molecular complexity index is 873. The first-order valence-corrected chi connectivity index (χ1v) is 12.6. The number of ether oxygens (including phenoxy) is 4. The average Bonchev–Trinajstić information content (AvgIpc) is 3.49. The molecule has 0 aliphatic carbocycles. The van der Waals surface area contributed by atoms with E-state index in [1.165, 1.54) is 33.4 Å². The van der Waals surface area contributed by atoms with Crippen molar-refractivity contribution in [3.8, 4) is 11.5 Å². The minimum atomic E-state index is 0.266. The number of rotatable bonds is 4. The van der Waals surface area contributed by atoms with E-state index in [2.05, 4.69) is 38.1 Å². The maximum Gasteiger partial charge on any atom is 0.128 e. The maximum absolute atomic E-state index is 5.89. The van der Waals surface area contributed by atoms with Crippen LogP contribution in [0.5, 0.6) is 11.5 Å². The van der Waals surface area contributed by atoms with Crippen molar-refractivity contribution >= 4 is 0 Å². The highest BCUT2D eigenvalue weighted by atomic mass is 16.5. The van der Waals surface area contributed by atoms with E-state index in [4.69, 9.17) is 18.9 Å². The third-order valence-corrected chi connectivity index (χ3v) is 7.10. The Hall–Kier alpha value is -2.04. The lowest BCUT2D eigenvalue weighted by atomic mass is 9.92. The molecule has 2 aromatic carbocycles. The van der Waals surface area contributed by atoms with Gasteiger partial charge in [0.05, 0.1) is 38.6 Å². The summed E-state index contributed by atoms with van der Waals surface area (Å²) in [6.07, 6.45) is 9.24. The molecule has 4 aliphatic rings. The molecule has 2 atom stereocenters. The highest BCUT2D eigenvalue weighted by molar-refractivity contribution is 5.51. The molecule has 0 fully saturated rings. The minimum absolute atomic E-state index is 0.266. The Kier molecular flexibility index (Phi) is 6.70. The fraction of sp³-hybridized carbons (Fsp3) is 0.571. The molecular formula is C28H36O4. The van der Waals surface area contributed by atoms with Crippen LogP contribution in [0.25, 0.3) is 0 Å². The third-order valence-electron chi connectivity index (χ3n) is 7.10. The number of fused-ring (bicyclic) bond motifs is 6. The zero-order chi connectivity index (χ0) is 21.9. The molecule has 4 heteroatoms. The van der Waals surface area contributed by atoms with Crippen molar-refractivity contribution in [1.29, 1.82) is 0 Å². The van der Waals surface area contributed by atoms with Gasteiger partial charge in [-0.25, -0.2) is 0 Å². The molecule has 4 nitrogen and oxygen atoms in total. The van der Waals surface area contributed by atoms with Crippen LogP contribution in [0.4, 0.5) is 0 Å². The van der Waals surface area contributed by atoms with E-state index in [0.717, 1.165) is 89.3 Å². The molecule has 0 unspecified atom stereocenters. The summed E-state index contributed by atoms with van der Waals surface area (Å²) in [6, 6.07) is 9.01. The van der Waals surface area contributed by atoms with Gasteiger partial charge in [-0.3, -0.25) is 0 Å². The van der Waals surface area contributed by atoms with Gasteiger partial charge in [-0.05, 0) is 47.9 Å². The summed E-state index contributed by atoms with van der Waals surface area (Å²) < 4.78 is 23.4. The summed E-state index contributed by atoms with van der Waals surface area (Å²) in [6.45, 7) is 7.81. The van der Waals surface area contributed by atoms with Crippen LogP contribution < -0.4 is 9.47 Å². The molecule has 172 valence electrons. The standard InChI is InChI=1S/2C14H18O2/c2*1-2-3-12-13-10(6-8-15-12)4-5-11-7-9-16-14(11)13/h2*4-5,12H,2-3,6-9H2,1H3/t2*12-/m10/s1. The number of hydrogen-bond donors (Lipinski definition) is 0. The molecule has 0 saturated carbocycles. The predicted octanol–water partition coefficient (Wildman–Crippen LogP) is 6.07. The van der Waals surface area contributed by atoms with Crippen molar-refractivity contribution < 1.29 is 18.9 Å². The van der Waals surface area contributed by atoms with Crippen molar-refractivity contribution in [2.75, 3.05) is 26.4 Å². The Morgan fingerprint density at radius 1 is 0.594 bits per heavy atom. The van der Waals surface area contributed by atoms with Crippen molar-refractivity contribution in [1.82, 2.24) is 0 Å². The lowest BCUT2D eigenvalue weighted by molar-refractivity contribution is 0.0340. The lowest BCUT2D eigenvalue weighted by Gasteiger charge is -2.27. The van der Waals surface area contributed by atoms with Gasteiger partial charge < -0.3 is 18.9 Å². The Balaban J connectivity index is 0.000000135. The normalized spacial score (nSPS) is 22.4. The summed E-state index contributed by atoms with van der Waals surface area (Å²) in [5.41, 5.74) is 8.30. The topological polar surface area (TPSA) is 36.9 Å². The van der Waals surface area contributed by atoms with Crippen LogP contribution in [0.2, 0.25) is 0 Å². The highest BCUT2D eigenvalue weighted by Gasteiger charge is 2.29. The maximum atomic E-state index is 5.89. The van der Waals surface area contributed by atoms with Crippen molar-refractivity contribution in [3.63, 3.8) is 0 Å². The number of hydrogen-bond acceptors (Lipinski definition) is 4. The van der Waals surface area contributed by atoms with Gasteiger partial charge >= 0.3 is 0 Å². The van der Waals surface area contributed by atoms with Gasteiger partial charge in [0, 0.05) is 24.0 Å². The summed E-state index contributed by atoms with van der Waals surface area (Å²) >= 11 is 0. The first-order valence-electron chi connectivity index (χ1n) is 12.6. The number of benzene rings is 2. The zero-order valence-electron chi connectivity index (χ0n) is 19.6. The van der Waals surface area contributed by atoms with E-state index >= 15 is 0 Å². The summed E-state index contributed by atoms with van der Waals surface area (Å²) in [7, 11) is 0. The summed E-state index contributed by atoms with van der Waals surface area (Å²) in [5, 5.41) is 0. The van der Waals surface area contributed by atoms with Gasteiger partial charge in [0.15, 0.2) is 0 Å². The van der Waals surface area contributed by atoms with Crippen molar-refractivity contribution in [3.05, 3.63) is 57.6 Å². The van der Waals surface area contributed by atoms with Crippen molar-refractivity contribution in [2.45, 2.75) is 77.4 Å². The molecule has 2 aromatic rings. The molecule has 0 saturated heterocycles. The van der Waals surface area contributed by atoms with Gasteiger partial charge in [0.1, 0.15) is 11.5 Å². The van der Waals surface area contributed by atoms with Crippen LogP contribution in [0.1, 0.15) is 85.1 Å². The average molecular weight is 437 g/mol. The molecule has 0 spiro atoms. The molecule has 4 aliphatic heterocycles. The molecular weight excluding hydrogens is 400 g/mol. The van der Waals surface area contributed by atoms with E-state index in [-0.39, 0.29) is 12.2 Å². The molecule has 6 rings (SSSR count). The van der Waals surface area contributed by atoms with Crippen LogP contribution >= 0.6 is 0 Å². The first kappa shape index (κ1) is 21.8. The molecule has 0 bridgehead atoms. The van der Waals surface area contributed by atoms with Gasteiger partial charge in [-0.2, -0.15) is 0 Å². The smallest absolute Gasteiger partial charge is 0.128 e. The fourth-order valence-electron chi connectivity index (χ4n) is 5.54. The summed E-state index contributed by atoms with van der Waals surface area (Å²) in [5.74, 6) is 2.27. The fourth-order valence-corrected chi connectivity index (χ4v) is 5.54. The van der Waals surface area contributed by atoms with Gasteiger partial charge in [-0.1, -0.05) is 51.0 Å². The van der Waals surface area contributed by atoms with Gasteiger partial charge in [0.25, 0.3) is 0 Å². The highest BCUT2D eigenvalue weighted by Crippen LogP contribution is 2.42. The second kappa shape index (κ2) is 9.84. The second-order valence-electron chi connectivity index (χ2n) is 9.25. The van der Waals surface area contributed by atoms with E-state index < -0.39 is 0 Å². The van der Waals surface area contributed by atoms with Crippen LogP contribution in [0, 0.1) is 0 Å². The largest absolute Gasteiger partial charge is 0.493 e. The van der Waals surface area contributed by atoms with E-state index in [1.807, 2.05) is 0 Å². The van der Waals surface area contributed by atoms with Crippen molar-refractivity contribution in [2.24, 2.45) is 0 Å². The predicted molar refractivity (Wildman–Crippen MR) is 126 cm³/mol. The van der Waals surface area contributed by atoms with Crippen LogP contribution in [0.15, 0.2) is 24.3 Å². The molecule has 0 amide bonds. The quantitative estimate of drug-likeness (QED) is 0.583. The lowest BCUT2D eigenvalue weighted by Crippen LogP contribution is -2.17. The minimum Gasteiger partial charge on any atom is -0.493 e. The SMILES string of the molecule is CCC[C@@H]1OCCc2ccc3c(c21)OCC3.CCC[C@H]1OCCc2ccc3c(c21)OCC3. The Morgan fingerprint density at radius 2 is 1.00 bits per heavy atom. The first-order chi connectivity index (χ1) is 15.8. The molecule has 0 radical (unpaired) electrons. The van der Waals surface area contributed by atoms with E-state index in [0.29, 0.717) is 0 Å². The van der Waals surface area contributed by atoms with Gasteiger partial charge in [-0.15, -0.1) is 0 Å². The third kappa shape index (κ3) is 4.15. The summed E-state index contributed by atoms with van der Waals surface area (Å²) in [4.78, 5) is 0. The Labute approximate surface area is 192 Å². The van der Waals surface area contributed by atoms with Crippen LogP contribution in [0.3, 0.4) is 0 Å². The molecule has 32 heavy (non-hydrogen) atoms. The molecule has 0 aromatic heterocycles. The van der Waals surface area contributed by atoms with E-state index in [1.54, 1.807) is 0 Å². The van der Waals surface area contributed by atoms with Gasteiger partial charge in [0.2, 0.25) is 0 Å². The monoisotopic (exact) mass is 436 g/mol. The Morgan fingerprint density at radius 3 is 1.44 bits per heavy atom. The van der Waals surface area contributed by atoms with Crippen LogP contribution in [-0.4, -0.2) is 26.4 Å².